The van der Waals surface area contributed by atoms with Crippen molar-refractivity contribution in [2.75, 3.05) is 0 Å². The van der Waals surface area contributed by atoms with Crippen molar-refractivity contribution in [1.29, 1.82) is 0 Å². The fraction of sp³-hybridized carbons (Fsp3) is 0.100. The summed E-state index contributed by atoms with van der Waals surface area (Å²) in [6.45, 7) is 2.01. The Morgan fingerprint density at radius 3 is 2.48 bits per heavy atom. The molecule has 4 rings (SSSR count). The summed E-state index contributed by atoms with van der Waals surface area (Å²) in [5.74, 6) is 0.785. The average molecular weight is 374 g/mol. The summed E-state index contributed by atoms with van der Waals surface area (Å²) in [6.07, 6.45) is 4.48. The molecule has 0 aliphatic rings. The van der Waals surface area contributed by atoms with Gasteiger partial charge in [-0.25, -0.2) is 4.68 Å². The smallest absolute Gasteiger partial charge is 0.216 e. The van der Waals surface area contributed by atoms with Crippen LogP contribution in [0.25, 0.3) is 16.9 Å². The first kappa shape index (κ1) is 17.1. The van der Waals surface area contributed by atoms with Crippen molar-refractivity contribution < 1.29 is 0 Å². The van der Waals surface area contributed by atoms with E-state index in [-0.39, 0.29) is 0 Å². The molecule has 2 heterocycles. The molecule has 0 saturated carbocycles. The number of para-hydroxylation sites is 1. The molecule has 0 radical (unpaired) electrons. The highest BCUT2D eigenvalue weighted by molar-refractivity contribution is 7.71. The zero-order valence-electron chi connectivity index (χ0n) is 14.8. The van der Waals surface area contributed by atoms with Crippen molar-refractivity contribution in [3.05, 3.63) is 83.0 Å². The second-order valence-corrected chi connectivity index (χ2v) is 6.32. The first-order valence-corrected chi connectivity index (χ1v) is 9.08. The Balaban J connectivity index is 1.81. The Labute approximate surface area is 161 Å². The van der Waals surface area contributed by atoms with E-state index in [1.54, 1.807) is 10.9 Å². The molecule has 0 fully saturated rings. The van der Waals surface area contributed by atoms with Gasteiger partial charge in [0, 0.05) is 23.7 Å². The van der Waals surface area contributed by atoms with Crippen LogP contribution in [0.15, 0.2) is 72.0 Å². The maximum absolute atomic E-state index is 5.27. The molecule has 7 heteroatoms. The van der Waals surface area contributed by atoms with Gasteiger partial charge in [-0.1, -0.05) is 55.5 Å². The van der Waals surface area contributed by atoms with Crippen LogP contribution >= 0.6 is 12.2 Å². The lowest BCUT2D eigenvalue weighted by molar-refractivity contribution is 0.780. The molecule has 1 N–H and O–H groups in total. The lowest BCUT2D eigenvalue weighted by atomic mass is 10.1. The molecule has 4 aromatic rings. The van der Waals surface area contributed by atoms with Gasteiger partial charge in [-0.2, -0.15) is 20.0 Å². The van der Waals surface area contributed by atoms with Crippen LogP contribution in [0.1, 0.15) is 18.3 Å². The highest BCUT2D eigenvalue weighted by Gasteiger charge is 2.11. The minimum atomic E-state index is 0.472. The summed E-state index contributed by atoms with van der Waals surface area (Å²) >= 11 is 5.27. The molecule has 6 nitrogen and oxygen atoms in total. The molecule has 0 spiro atoms. The Morgan fingerprint density at radius 2 is 1.78 bits per heavy atom. The molecule has 0 bridgehead atoms. The molecular weight excluding hydrogens is 356 g/mol. The Bertz CT molecular complexity index is 1120. The molecule has 0 amide bonds. The number of nitrogens with one attached hydrogen (secondary N) is 1. The number of H-pyrrole nitrogens is 1. The molecule has 0 aliphatic heterocycles. The van der Waals surface area contributed by atoms with E-state index in [0.29, 0.717) is 4.77 Å². The Kier molecular flexibility index (Phi) is 4.76. The summed E-state index contributed by atoms with van der Waals surface area (Å²) in [5, 5.41) is 16.3. The van der Waals surface area contributed by atoms with Gasteiger partial charge in [0.25, 0.3) is 0 Å². The van der Waals surface area contributed by atoms with Crippen LogP contribution in [0.2, 0.25) is 0 Å². The standard InChI is InChI=1S/C20H18N6S/c1-2-18-22-23-20(27)26(18)21-13-16-14-25(17-11-7-4-8-12-17)24-19(16)15-9-5-3-6-10-15/h3-14H,2H2,1H3,(H,23,27)/b21-13-. The van der Waals surface area contributed by atoms with E-state index < -0.39 is 0 Å². The van der Waals surface area contributed by atoms with Crippen molar-refractivity contribution >= 4 is 18.4 Å². The zero-order chi connectivity index (χ0) is 18.6. The average Bonchev–Trinajstić information content (AvgIpc) is 3.31. The van der Waals surface area contributed by atoms with Crippen LogP contribution in [0, 0.1) is 4.77 Å². The van der Waals surface area contributed by atoms with E-state index in [0.717, 1.165) is 34.8 Å². The van der Waals surface area contributed by atoms with Gasteiger partial charge in [-0.15, -0.1) is 0 Å². The molecule has 2 aromatic heterocycles. The zero-order valence-corrected chi connectivity index (χ0v) is 15.6. The first-order chi connectivity index (χ1) is 13.3. The molecule has 27 heavy (non-hydrogen) atoms. The van der Waals surface area contributed by atoms with Gasteiger partial charge < -0.3 is 0 Å². The van der Waals surface area contributed by atoms with E-state index >= 15 is 0 Å². The SMILES string of the molecule is CCc1n[nH]c(=S)n1/N=C\c1cn(-c2ccccc2)nc1-c1ccccc1. The lowest BCUT2D eigenvalue weighted by Gasteiger charge is -2.00. The van der Waals surface area contributed by atoms with Gasteiger partial charge in [-0.3, -0.25) is 5.10 Å². The third-order valence-corrected chi connectivity index (χ3v) is 4.42. The van der Waals surface area contributed by atoms with Gasteiger partial charge in [-0.05, 0) is 24.4 Å². The second-order valence-electron chi connectivity index (χ2n) is 5.93. The molecular formula is C20H18N6S. The van der Waals surface area contributed by atoms with Crippen LogP contribution in [-0.4, -0.2) is 30.9 Å². The van der Waals surface area contributed by atoms with Crippen molar-refractivity contribution in [3.8, 4) is 16.9 Å². The van der Waals surface area contributed by atoms with Gasteiger partial charge >= 0.3 is 0 Å². The van der Waals surface area contributed by atoms with Crippen LogP contribution in [0.4, 0.5) is 0 Å². The van der Waals surface area contributed by atoms with Crippen molar-refractivity contribution in [2.24, 2.45) is 5.10 Å². The number of nitrogens with zero attached hydrogens (tertiary/aromatic N) is 5. The number of aromatic amines is 1. The van der Waals surface area contributed by atoms with Gasteiger partial charge in [0.1, 0.15) is 5.69 Å². The number of aryl methyl sites for hydroxylation is 1. The quantitative estimate of drug-likeness (QED) is 0.420. The Morgan fingerprint density at radius 1 is 1.07 bits per heavy atom. The van der Waals surface area contributed by atoms with E-state index in [1.165, 1.54) is 0 Å². The highest BCUT2D eigenvalue weighted by atomic mass is 32.1. The van der Waals surface area contributed by atoms with E-state index in [2.05, 4.69) is 15.3 Å². The molecule has 2 aromatic carbocycles. The van der Waals surface area contributed by atoms with Crippen molar-refractivity contribution in [1.82, 2.24) is 24.7 Å². The predicted octanol–water partition coefficient (Wildman–Crippen LogP) is 4.24. The largest absolute Gasteiger partial charge is 0.250 e. The third kappa shape index (κ3) is 3.50. The van der Waals surface area contributed by atoms with Crippen molar-refractivity contribution in [2.45, 2.75) is 13.3 Å². The molecule has 134 valence electrons. The minimum Gasteiger partial charge on any atom is -0.250 e. The highest BCUT2D eigenvalue weighted by Crippen LogP contribution is 2.22. The molecule has 0 atom stereocenters. The number of aromatic nitrogens is 5. The second kappa shape index (κ2) is 7.51. The normalized spacial score (nSPS) is 11.3. The van der Waals surface area contributed by atoms with Crippen LogP contribution in [0.5, 0.6) is 0 Å². The fourth-order valence-corrected chi connectivity index (χ4v) is 3.01. The monoisotopic (exact) mass is 374 g/mol. The predicted molar refractivity (Wildman–Crippen MR) is 109 cm³/mol. The number of benzene rings is 2. The number of hydrogen-bond acceptors (Lipinski definition) is 4. The number of rotatable bonds is 5. The van der Waals surface area contributed by atoms with Gasteiger partial charge in [0.05, 0.1) is 11.9 Å². The topological polar surface area (TPSA) is 63.8 Å². The van der Waals surface area contributed by atoms with Crippen molar-refractivity contribution in [3.63, 3.8) is 0 Å². The first-order valence-electron chi connectivity index (χ1n) is 8.67. The summed E-state index contributed by atoms with van der Waals surface area (Å²) in [6, 6.07) is 20.1. The minimum absolute atomic E-state index is 0.472. The van der Waals surface area contributed by atoms with Gasteiger partial charge in [0.2, 0.25) is 4.77 Å². The Hall–Kier alpha value is -3.32. The maximum Gasteiger partial charge on any atom is 0.216 e. The third-order valence-electron chi connectivity index (χ3n) is 4.16. The summed E-state index contributed by atoms with van der Waals surface area (Å²) in [5.41, 5.74) is 3.77. The van der Waals surface area contributed by atoms with E-state index in [9.17, 15) is 0 Å². The van der Waals surface area contributed by atoms with Crippen LogP contribution in [0.3, 0.4) is 0 Å². The fourth-order valence-electron chi connectivity index (χ4n) is 2.81. The number of hydrogen-bond donors (Lipinski definition) is 1. The van der Waals surface area contributed by atoms with Crippen LogP contribution < -0.4 is 0 Å². The summed E-state index contributed by atoms with van der Waals surface area (Å²) in [4.78, 5) is 0. The molecule has 0 aliphatic carbocycles. The van der Waals surface area contributed by atoms with Crippen LogP contribution in [-0.2, 0) is 6.42 Å². The van der Waals surface area contributed by atoms with E-state index in [1.807, 2.05) is 78.5 Å². The maximum atomic E-state index is 5.27. The molecule has 0 saturated heterocycles. The summed E-state index contributed by atoms with van der Waals surface area (Å²) in [7, 11) is 0. The molecule has 0 unspecified atom stereocenters. The van der Waals surface area contributed by atoms with E-state index in [4.69, 9.17) is 17.3 Å². The lowest BCUT2D eigenvalue weighted by Crippen LogP contribution is -1.97. The summed E-state index contributed by atoms with van der Waals surface area (Å²) < 4.78 is 3.98. The van der Waals surface area contributed by atoms with Gasteiger partial charge in [0.15, 0.2) is 5.82 Å².